The molecule has 1 heterocycles. The van der Waals surface area contributed by atoms with Crippen LogP contribution in [0.5, 0.6) is 5.75 Å². The van der Waals surface area contributed by atoms with Gasteiger partial charge in [0, 0.05) is 11.6 Å². The molecule has 0 radical (unpaired) electrons. The third kappa shape index (κ3) is 4.94. The van der Waals surface area contributed by atoms with E-state index in [9.17, 15) is 14.7 Å². The number of carbonyl (C=O) groups excluding carboxylic acids is 2. The van der Waals surface area contributed by atoms with Crippen molar-refractivity contribution in [1.82, 2.24) is 10.3 Å². The number of amides is 1. The molecule has 2 N–H and O–H groups in total. The van der Waals surface area contributed by atoms with Gasteiger partial charge in [-0.25, -0.2) is 4.79 Å². The molecule has 0 aliphatic heterocycles. The van der Waals surface area contributed by atoms with Crippen molar-refractivity contribution in [3.63, 3.8) is 0 Å². The first-order valence-corrected chi connectivity index (χ1v) is 8.69. The number of carbonyl (C=O) groups is 2. The van der Waals surface area contributed by atoms with Crippen LogP contribution in [0.4, 0.5) is 0 Å². The Bertz CT molecular complexity index is 809. The van der Waals surface area contributed by atoms with Crippen molar-refractivity contribution in [1.29, 1.82) is 0 Å². The quantitative estimate of drug-likeness (QED) is 0.800. The maximum atomic E-state index is 12.7. The zero-order chi connectivity index (χ0) is 19.5. The van der Waals surface area contributed by atoms with Crippen molar-refractivity contribution in [3.8, 4) is 5.75 Å². The lowest BCUT2D eigenvalue weighted by atomic mass is 10.0. The molecule has 1 aromatic heterocycles. The molecule has 0 saturated carbocycles. The van der Waals surface area contributed by atoms with Gasteiger partial charge < -0.3 is 15.2 Å². The molecule has 1 amide bonds. The first-order valence-electron chi connectivity index (χ1n) is 8.69. The fraction of sp³-hybridized carbons (Fsp3) is 0.450. The average molecular weight is 358 g/mol. The van der Waals surface area contributed by atoms with E-state index >= 15 is 0 Å². The SMILES string of the molecule is CC(C)C[C@H](NC(=O)c1ccc2cccnc2c1O)C(=O)OC(C)(C)C. The maximum Gasteiger partial charge on any atom is 0.329 e. The number of benzene rings is 1. The number of pyridine rings is 1. The Balaban J connectivity index is 2.26. The fourth-order valence-corrected chi connectivity index (χ4v) is 2.61. The number of nitrogens with zero attached hydrogens (tertiary/aromatic N) is 1. The Morgan fingerprint density at radius 1 is 1.23 bits per heavy atom. The van der Waals surface area contributed by atoms with Crippen LogP contribution in [0.2, 0.25) is 0 Å². The Kier molecular flexibility index (Phi) is 5.85. The zero-order valence-corrected chi connectivity index (χ0v) is 15.9. The van der Waals surface area contributed by atoms with E-state index in [-0.39, 0.29) is 17.2 Å². The molecule has 0 fully saturated rings. The molecule has 1 aromatic carbocycles. The van der Waals surface area contributed by atoms with Crippen LogP contribution < -0.4 is 5.32 Å². The van der Waals surface area contributed by atoms with E-state index < -0.39 is 23.5 Å². The molecule has 6 nitrogen and oxygen atoms in total. The van der Waals surface area contributed by atoms with Gasteiger partial charge in [-0.3, -0.25) is 9.78 Å². The van der Waals surface area contributed by atoms with Crippen molar-refractivity contribution < 1.29 is 19.4 Å². The summed E-state index contributed by atoms with van der Waals surface area (Å²) in [6, 6.07) is 5.99. The van der Waals surface area contributed by atoms with Crippen LogP contribution in [-0.2, 0) is 9.53 Å². The summed E-state index contributed by atoms with van der Waals surface area (Å²) in [5, 5.41) is 13.8. The summed E-state index contributed by atoms with van der Waals surface area (Å²) in [5.74, 6) is -1.04. The van der Waals surface area contributed by atoms with Gasteiger partial charge in [0.1, 0.15) is 17.2 Å². The molecule has 0 spiro atoms. The summed E-state index contributed by atoms with van der Waals surface area (Å²) in [6.45, 7) is 9.25. The molecule has 0 saturated heterocycles. The molecular formula is C20H26N2O4. The molecule has 0 unspecified atom stereocenters. The van der Waals surface area contributed by atoms with Crippen LogP contribution in [0.1, 0.15) is 51.4 Å². The normalized spacial score (nSPS) is 12.8. The number of nitrogens with one attached hydrogen (secondary N) is 1. The lowest BCUT2D eigenvalue weighted by molar-refractivity contribution is -0.157. The van der Waals surface area contributed by atoms with Gasteiger partial charge in [0.15, 0.2) is 5.75 Å². The van der Waals surface area contributed by atoms with Crippen LogP contribution in [0.3, 0.4) is 0 Å². The van der Waals surface area contributed by atoms with Crippen molar-refractivity contribution in [2.45, 2.75) is 52.7 Å². The molecule has 26 heavy (non-hydrogen) atoms. The lowest BCUT2D eigenvalue weighted by Gasteiger charge is -2.25. The highest BCUT2D eigenvalue weighted by molar-refractivity contribution is 6.03. The van der Waals surface area contributed by atoms with Crippen LogP contribution in [0.25, 0.3) is 10.9 Å². The Morgan fingerprint density at radius 2 is 1.92 bits per heavy atom. The molecule has 2 aromatic rings. The van der Waals surface area contributed by atoms with E-state index in [1.165, 1.54) is 6.07 Å². The van der Waals surface area contributed by atoms with Crippen LogP contribution in [-0.4, -0.2) is 33.6 Å². The highest BCUT2D eigenvalue weighted by Gasteiger charge is 2.28. The number of phenols is 1. The summed E-state index contributed by atoms with van der Waals surface area (Å²) in [7, 11) is 0. The Hall–Kier alpha value is -2.63. The van der Waals surface area contributed by atoms with Crippen molar-refractivity contribution >= 4 is 22.8 Å². The van der Waals surface area contributed by atoms with Crippen LogP contribution >= 0.6 is 0 Å². The fourth-order valence-electron chi connectivity index (χ4n) is 2.61. The number of phenolic OH excluding ortho intramolecular Hbond substituents is 1. The summed E-state index contributed by atoms with van der Waals surface area (Å²) in [5.41, 5.74) is -0.224. The number of aromatic nitrogens is 1. The Labute approximate surface area is 153 Å². The minimum absolute atomic E-state index is 0.0773. The molecule has 140 valence electrons. The van der Waals surface area contributed by atoms with E-state index in [0.29, 0.717) is 11.9 Å². The first-order chi connectivity index (χ1) is 12.1. The number of aromatic hydroxyl groups is 1. The highest BCUT2D eigenvalue weighted by atomic mass is 16.6. The average Bonchev–Trinajstić information content (AvgIpc) is 2.52. The molecular weight excluding hydrogens is 332 g/mol. The molecule has 0 aliphatic carbocycles. The number of ether oxygens (including phenoxy) is 1. The summed E-state index contributed by atoms with van der Waals surface area (Å²) < 4.78 is 5.41. The third-order valence-corrected chi connectivity index (χ3v) is 3.70. The van der Waals surface area contributed by atoms with Gasteiger partial charge in [-0.2, -0.15) is 0 Å². The first kappa shape index (κ1) is 19.7. The van der Waals surface area contributed by atoms with Gasteiger partial charge in [-0.05, 0) is 45.2 Å². The van der Waals surface area contributed by atoms with E-state index in [1.54, 1.807) is 45.2 Å². The largest absolute Gasteiger partial charge is 0.505 e. The number of fused-ring (bicyclic) bond motifs is 1. The number of hydrogen-bond acceptors (Lipinski definition) is 5. The second-order valence-corrected chi connectivity index (χ2v) is 7.73. The van der Waals surface area contributed by atoms with Gasteiger partial charge in [0.2, 0.25) is 0 Å². The standard InChI is InChI=1S/C20H26N2O4/c1-12(2)11-15(19(25)26-20(3,4)5)22-18(24)14-9-8-13-7-6-10-21-16(13)17(14)23/h6-10,12,15,23H,11H2,1-5H3,(H,22,24)/t15-/m0/s1. The molecule has 6 heteroatoms. The smallest absolute Gasteiger partial charge is 0.329 e. The van der Waals surface area contributed by atoms with Crippen molar-refractivity contribution in [2.24, 2.45) is 5.92 Å². The van der Waals surface area contributed by atoms with E-state index in [2.05, 4.69) is 10.3 Å². The van der Waals surface area contributed by atoms with Gasteiger partial charge >= 0.3 is 5.97 Å². The molecule has 1 atom stereocenters. The predicted molar refractivity (Wildman–Crippen MR) is 100.0 cm³/mol. The molecule has 2 rings (SSSR count). The van der Waals surface area contributed by atoms with Crippen LogP contribution in [0, 0.1) is 5.92 Å². The number of esters is 1. The van der Waals surface area contributed by atoms with Gasteiger partial charge in [0.25, 0.3) is 5.91 Å². The van der Waals surface area contributed by atoms with E-state index in [0.717, 1.165) is 5.39 Å². The van der Waals surface area contributed by atoms with Crippen LogP contribution in [0.15, 0.2) is 30.5 Å². The topological polar surface area (TPSA) is 88.5 Å². The second-order valence-electron chi connectivity index (χ2n) is 7.73. The van der Waals surface area contributed by atoms with E-state index in [4.69, 9.17) is 4.74 Å². The van der Waals surface area contributed by atoms with Crippen molar-refractivity contribution in [3.05, 3.63) is 36.0 Å². The van der Waals surface area contributed by atoms with Gasteiger partial charge in [-0.15, -0.1) is 0 Å². The molecule has 0 bridgehead atoms. The van der Waals surface area contributed by atoms with E-state index in [1.807, 2.05) is 13.8 Å². The minimum atomic E-state index is -0.791. The third-order valence-electron chi connectivity index (χ3n) is 3.70. The van der Waals surface area contributed by atoms with Gasteiger partial charge in [-0.1, -0.05) is 26.0 Å². The summed E-state index contributed by atoms with van der Waals surface area (Å²) >= 11 is 0. The van der Waals surface area contributed by atoms with Crippen molar-refractivity contribution in [2.75, 3.05) is 0 Å². The number of rotatable bonds is 5. The Morgan fingerprint density at radius 3 is 2.54 bits per heavy atom. The summed E-state index contributed by atoms with van der Waals surface area (Å²) in [6.07, 6.45) is 1.99. The maximum absolute atomic E-state index is 12.7. The summed E-state index contributed by atoms with van der Waals surface area (Å²) in [4.78, 5) is 29.2. The second kappa shape index (κ2) is 7.72. The minimum Gasteiger partial charge on any atom is -0.505 e. The monoisotopic (exact) mass is 358 g/mol. The molecule has 0 aliphatic rings. The zero-order valence-electron chi connectivity index (χ0n) is 15.9. The highest BCUT2D eigenvalue weighted by Crippen LogP contribution is 2.27. The number of hydrogen-bond donors (Lipinski definition) is 2. The lowest BCUT2D eigenvalue weighted by Crippen LogP contribution is -2.45. The van der Waals surface area contributed by atoms with Gasteiger partial charge in [0.05, 0.1) is 5.56 Å². The predicted octanol–water partition coefficient (Wildman–Crippen LogP) is 3.43.